The Labute approximate surface area is 255 Å². The lowest BCUT2D eigenvalue weighted by molar-refractivity contribution is -0.157. The number of amides is 3. The molecular formula is C32H41F2N5O5. The first-order chi connectivity index (χ1) is 20.8. The van der Waals surface area contributed by atoms with Crippen molar-refractivity contribution in [2.75, 3.05) is 6.54 Å². The molecule has 10 nitrogen and oxygen atoms in total. The van der Waals surface area contributed by atoms with E-state index in [-0.39, 0.29) is 12.3 Å². The van der Waals surface area contributed by atoms with Crippen LogP contribution in [-0.4, -0.2) is 64.3 Å². The number of benzene rings is 1. The second kappa shape index (κ2) is 14.2. The number of hydrazine groups is 1. The minimum Gasteiger partial charge on any atom is -0.455 e. The number of carbonyl (C=O) groups excluding carboxylic acids is 4. The number of hydrogen-bond donors (Lipinski definition) is 3. The van der Waals surface area contributed by atoms with Gasteiger partial charge in [0.15, 0.2) is 0 Å². The molecule has 2 aromatic rings. The summed E-state index contributed by atoms with van der Waals surface area (Å²) in [7, 11) is 0. The van der Waals surface area contributed by atoms with E-state index in [1.165, 1.54) is 11.9 Å². The van der Waals surface area contributed by atoms with Crippen LogP contribution in [0.2, 0.25) is 0 Å². The standard InChI is InChI=1S/C32H41F2N5O5/c1-19(2)28-29(41)35-20(3)30(42)39-17-7-9-25(38-39)31(43)44-21(4)24-13-12-23-11-10-22(18-26(23)36-24)8-5-6-15-32(33,34)16-14-27(40)37-28/h5,8,10-13,18-21,25,28,38H,6-7,9,14-17H2,1-4H3,(H,35,41)(H,37,40). The molecular weight excluding hydrogens is 572 g/mol. The molecule has 1 fully saturated rings. The molecule has 1 aromatic carbocycles. The van der Waals surface area contributed by atoms with E-state index in [4.69, 9.17) is 4.74 Å². The number of rotatable bonds is 1. The lowest BCUT2D eigenvalue weighted by atomic mass is 10.0. The van der Waals surface area contributed by atoms with Crippen molar-refractivity contribution in [1.29, 1.82) is 0 Å². The summed E-state index contributed by atoms with van der Waals surface area (Å²) in [6.07, 6.45) is 2.29. The van der Waals surface area contributed by atoms with Gasteiger partial charge in [0.1, 0.15) is 24.2 Å². The maximum atomic E-state index is 14.6. The van der Waals surface area contributed by atoms with Gasteiger partial charge in [0, 0.05) is 31.2 Å². The Hall–Kier alpha value is -3.93. The first kappa shape index (κ1) is 33.0. The Morgan fingerprint density at radius 2 is 1.80 bits per heavy atom. The van der Waals surface area contributed by atoms with E-state index in [1.807, 2.05) is 24.3 Å². The fraction of sp³-hybridized carbons (Fsp3) is 0.531. The van der Waals surface area contributed by atoms with Crippen LogP contribution in [0.4, 0.5) is 8.78 Å². The molecule has 1 aromatic heterocycles. The minimum absolute atomic E-state index is 0.0995. The molecule has 2 aliphatic rings. The number of halogens is 2. The monoisotopic (exact) mass is 613 g/mol. The summed E-state index contributed by atoms with van der Waals surface area (Å²) < 4.78 is 34.9. The van der Waals surface area contributed by atoms with Crippen LogP contribution >= 0.6 is 0 Å². The van der Waals surface area contributed by atoms with Crippen molar-refractivity contribution >= 4 is 40.7 Å². The van der Waals surface area contributed by atoms with Crippen LogP contribution in [0.1, 0.15) is 83.6 Å². The van der Waals surface area contributed by atoms with Crippen LogP contribution < -0.4 is 16.1 Å². The highest BCUT2D eigenvalue weighted by Crippen LogP contribution is 2.27. The first-order valence-corrected chi connectivity index (χ1v) is 15.2. The highest BCUT2D eigenvalue weighted by molar-refractivity contribution is 5.92. The number of cyclic esters (lactones) is 1. The minimum atomic E-state index is -3.07. The molecule has 3 amide bonds. The molecule has 0 spiro atoms. The smallest absolute Gasteiger partial charge is 0.325 e. The van der Waals surface area contributed by atoms with Gasteiger partial charge in [-0.05, 0) is 56.7 Å². The Balaban J connectivity index is 1.58. The molecule has 5 bridgehead atoms. The summed E-state index contributed by atoms with van der Waals surface area (Å²) in [6, 6.07) is 6.45. The number of alkyl halides is 2. The number of ether oxygens (including phenoxy) is 1. The number of allylic oxidation sites excluding steroid dienone is 1. The van der Waals surface area contributed by atoms with Gasteiger partial charge in [0.05, 0.1) is 11.2 Å². The normalized spacial score (nSPS) is 26.2. The van der Waals surface area contributed by atoms with Gasteiger partial charge in [0.25, 0.3) is 5.91 Å². The van der Waals surface area contributed by atoms with Gasteiger partial charge >= 0.3 is 5.97 Å². The van der Waals surface area contributed by atoms with Crippen molar-refractivity contribution in [3.05, 3.63) is 47.7 Å². The zero-order valence-corrected chi connectivity index (χ0v) is 25.6. The van der Waals surface area contributed by atoms with Crippen molar-refractivity contribution < 1.29 is 32.7 Å². The third-order valence-corrected chi connectivity index (χ3v) is 7.88. The van der Waals surface area contributed by atoms with Crippen LogP contribution in [0.3, 0.4) is 0 Å². The maximum absolute atomic E-state index is 14.6. The Morgan fingerprint density at radius 1 is 1.05 bits per heavy atom. The fourth-order valence-electron chi connectivity index (χ4n) is 5.23. The van der Waals surface area contributed by atoms with E-state index in [2.05, 4.69) is 21.0 Å². The van der Waals surface area contributed by atoms with Gasteiger partial charge in [0.2, 0.25) is 17.7 Å². The van der Waals surface area contributed by atoms with Crippen molar-refractivity contribution in [1.82, 2.24) is 26.1 Å². The van der Waals surface area contributed by atoms with Crippen molar-refractivity contribution in [2.24, 2.45) is 5.92 Å². The largest absolute Gasteiger partial charge is 0.455 e. The van der Waals surface area contributed by atoms with Crippen molar-refractivity contribution in [3.63, 3.8) is 0 Å². The summed E-state index contributed by atoms with van der Waals surface area (Å²) in [6.45, 7) is 6.96. The number of fused-ring (bicyclic) bond motifs is 4. The zero-order chi connectivity index (χ0) is 32.0. The molecule has 0 radical (unpaired) electrons. The second-order valence-corrected chi connectivity index (χ2v) is 11.9. The molecule has 4 atom stereocenters. The number of esters is 1. The third kappa shape index (κ3) is 8.58. The van der Waals surface area contributed by atoms with Gasteiger partial charge in [-0.25, -0.2) is 19.2 Å². The number of hydrogen-bond acceptors (Lipinski definition) is 7. The number of nitrogens with one attached hydrogen (secondary N) is 3. The molecule has 0 aliphatic carbocycles. The summed E-state index contributed by atoms with van der Waals surface area (Å²) in [5, 5.41) is 7.33. The molecule has 0 saturated carbocycles. The highest BCUT2D eigenvalue weighted by atomic mass is 19.3. The average Bonchev–Trinajstić information content (AvgIpc) is 2.99. The van der Waals surface area contributed by atoms with Crippen LogP contribution in [0.5, 0.6) is 0 Å². The predicted octanol–water partition coefficient (Wildman–Crippen LogP) is 4.20. The zero-order valence-electron chi connectivity index (χ0n) is 25.6. The second-order valence-electron chi connectivity index (χ2n) is 11.9. The third-order valence-electron chi connectivity index (χ3n) is 7.88. The van der Waals surface area contributed by atoms with E-state index < -0.39 is 73.1 Å². The fourth-order valence-corrected chi connectivity index (χ4v) is 5.23. The Morgan fingerprint density at radius 3 is 2.55 bits per heavy atom. The van der Waals surface area contributed by atoms with Gasteiger partial charge in [-0.2, -0.15) is 0 Å². The summed E-state index contributed by atoms with van der Waals surface area (Å²) in [5.74, 6) is -5.71. The molecule has 3 heterocycles. The molecule has 238 valence electrons. The van der Waals surface area contributed by atoms with Crippen LogP contribution in [0.25, 0.3) is 17.0 Å². The molecule has 3 N–H and O–H groups in total. The van der Waals surface area contributed by atoms with Gasteiger partial charge < -0.3 is 15.4 Å². The van der Waals surface area contributed by atoms with E-state index >= 15 is 0 Å². The lowest BCUT2D eigenvalue weighted by Crippen LogP contribution is -2.61. The topological polar surface area (TPSA) is 130 Å². The molecule has 2 aliphatic heterocycles. The molecule has 4 rings (SSSR count). The number of aromatic nitrogens is 1. The van der Waals surface area contributed by atoms with Gasteiger partial charge in [-0.15, -0.1) is 0 Å². The molecule has 1 saturated heterocycles. The van der Waals surface area contributed by atoms with Crippen molar-refractivity contribution in [3.8, 4) is 0 Å². The quantitative estimate of drug-likeness (QED) is 0.411. The van der Waals surface area contributed by atoms with E-state index in [0.29, 0.717) is 30.6 Å². The van der Waals surface area contributed by atoms with E-state index in [9.17, 15) is 28.0 Å². The Kier molecular flexibility index (Phi) is 10.7. The predicted molar refractivity (Wildman–Crippen MR) is 161 cm³/mol. The maximum Gasteiger partial charge on any atom is 0.325 e. The summed E-state index contributed by atoms with van der Waals surface area (Å²) in [4.78, 5) is 56.6. The number of pyridine rings is 1. The Bertz CT molecular complexity index is 1410. The summed E-state index contributed by atoms with van der Waals surface area (Å²) >= 11 is 0. The first-order valence-electron chi connectivity index (χ1n) is 15.2. The van der Waals surface area contributed by atoms with E-state index in [1.54, 1.807) is 39.0 Å². The highest BCUT2D eigenvalue weighted by Gasteiger charge is 2.34. The molecule has 12 heteroatoms. The van der Waals surface area contributed by atoms with Crippen LogP contribution in [0, 0.1) is 5.92 Å². The van der Waals surface area contributed by atoms with Crippen LogP contribution in [-0.2, 0) is 23.9 Å². The van der Waals surface area contributed by atoms with Crippen LogP contribution in [0.15, 0.2) is 36.4 Å². The van der Waals surface area contributed by atoms with Crippen molar-refractivity contribution in [2.45, 2.75) is 96.4 Å². The summed E-state index contributed by atoms with van der Waals surface area (Å²) in [5.41, 5.74) is 4.91. The lowest BCUT2D eigenvalue weighted by Gasteiger charge is -2.35. The van der Waals surface area contributed by atoms with Gasteiger partial charge in [-0.3, -0.25) is 24.2 Å². The number of nitrogens with zero attached hydrogens (tertiary/aromatic N) is 2. The number of carbonyl (C=O) groups is 4. The molecule has 4 unspecified atom stereocenters. The van der Waals surface area contributed by atoms with Gasteiger partial charge in [-0.1, -0.05) is 44.2 Å². The SMILES string of the molecule is CC1NC(=O)C(C(C)C)NC(=O)CCC(F)(F)CCC=Cc2ccc3ccc(nc3c2)C(C)OC(=O)C2CCCN(N2)C1=O. The van der Waals surface area contributed by atoms with E-state index in [0.717, 1.165) is 10.9 Å². The average molecular weight is 614 g/mol. The molecule has 44 heavy (non-hydrogen) atoms.